The van der Waals surface area contributed by atoms with Crippen LogP contribution in [0, 0.1) is 23.7 Å². The second-order valence-electron chi connectivity index (χ2n) is 14.5. The van der Waals surface area contributed by atoms with E-state index in [-0.39, 0.29) is 5.41 Å². The number of anilines is 3. The molecule has 1 nitrogen and oxygen atoms in total. The monoisotopic (exact) mass is 609 g/mol. The Bertz CT molecular complexity index is 2330. The van der Waals surface area contributed by atoms with Crippen LogP contribution in [0.15, 0.2) is 127 Å². The van der Waals surface area contributed by atoms with E-state index in [1.807, 2.05) is 11.3 Å². The normalized spacial score (nSPS) is 25.5. The highest BCUT2D eigenvalue weighted by Gasteiger charge is 2.62. The highest BCUT2D eigenvalue weighted by Crippen LogP contribution is 2.71. The summed E-state index contributed by atoms with van der Waals surface area (Å²) in [6.45, 7) is 0. The first kappa shape index (κ1) is 25.8. The van der Waals surface area contributed by atoms with Gasteiger partial charge in [-0.2, -0.15) is 0 Å². The van der Waals surface area contributed by atoms with E-state index in [1.165, 1.54) is 91.2 Å². The minimum Gasteiger partial charge on any atom is -0.309 e. The maximum Gasteiger partial charge on any atom is 0.0540 e. The Morgan fingerprint density at radius 2 is 1.17 bits per heavy atom. The van der Waals surface area contributed by atoms with E-state index in [0.717, 1.165) is 11.8 Å². The Morgan fingerprint density at radius 3 is 2.04 bits per heavy atom. The van der Waals surface area contributed by atoms with E-state index >= 15 is 0 Å². The molecule has 1 spiro atoms. The molecule has 4 bridgehead atoms. The average Bonchev–Trinajstić information content (AvgIpc) is 3.61. The van der Waals surface area contributed by atoms with Gasteiger partial charge in [0.2, 0.25) is 0 Å². The van der Waals surface area contributed by atoms with Gasteiger partial charge in [0.1, 0.15) is 0 Å². The van der Waals surface area contributed by atoms with Crippen molar-refractivity contribution in [2.45, 2.75) is 37.5 Å². The van der Waals surface area contributed by atoms with E-state index in [1.54, 1.807) is 11.1 Å². The van der Waals surface area contributed by atoms with Gasteiger partial charge in [-0.3, -0.25) is 0 Å². The summed E-state index contributed by atoms with van der Waals surface area (Å²) in [7, 11) is 0. The molecule has 0 radical (unpaired) electrons. The fraction of sp³-hybridized carbons (Fsp3) is 0.227. The lowest BCUT2D eigenvalue weighted by Gasteiger charge is -2.61. The van der Waals surface area contributed by atoms with Gasteiger partial charge in [-0.25, -0.2) is 0 Å². The molecular formula is C44H35NS. The number of thiophene rings is 1. The summed E-state index contributed by atoms with van der Waals surface area (Å²) >= 11 is 1.92. The van der Waals surface area contributed by atoms with Crippen LogP contribution in [0.3, 0.4) is 0 Å². The number of rotatable bonds is 3. The minimum atomic E-state index is 0.0838. The lowest BCUT2D eigenvalue weighted by Crippen LogP contribution is -2.55. The highest BCUT2D eigenvalue weighted by molar-refractivity contribution is 7.25. The summed E-state index contributed by atoms with van der Waals surface area (Å²) in [4.78, 5) is 2.64. The molecule has 0 atom stereocenters. The van der Waals surface area contributed by atoms with Crippen molar-refractivity contribution in [1.29, 1.82) is 0 Å². The van der Waals surface area contributed by atoms with E-state index in [4.69, 9.17) is 0 Å². The first-order valence-electron chi connectivity index (χ1n) is 17.2. The molecule has 6 aromatic carbocycles. The molecule has 4 fully saturated rings. The van der Waals surface area contributed by atoms with Gasteiger partial charge in [-0.1, -0.05) is 97.1 Å². The van der Waals surface area contributed by atoms with Crippen molar-refractivity contribution in [2.75, 3.05) is 4.90 Å². The van der Waals surface area contributed by atoms with Crippen molar-refractivity contribution in [3.8, 4) is 11.1 Å². The maximum absolute atomic E-state index is 2.64. The number of benzene rings is 6. The fourth-order valence-corrected chi connectivity index (χ4v) is 12.2. The zero-order valence-corrected chi connectivity index (χ0v) is 26.6. The van der Waals surface area contributed by atoms with Crippen LogP contribution in [-0.2, 0) is 5.41 Å². The van der Waals surface area contributed by atoms with Crippen LogP contribution in [0.25, 0.3) is 42.1 Å². The zero-order valence-electron chi connectivity index (χ0n) is 25.8. The third-order valence-corrected chi connectivity index (χ3v) is 13.5. The van der Waals surface area contributed by atoms with Crippen LogP contribution >= 0.6 is 11.3 Å². The second-order valence-corrected chi connectivity index (χ2v) is 15.6. The summed E-state index contributed by atoms with van der Waals surface area (Å²) in [5, 5.41) is 5.29. The Morgan fingerprint density at radius 1 is 0.522 bits per heavy atom. The standard InChI is InChI=1S/C44H35NS/c1-2-11-33-29(9-1)10-7-16-39(33)45(32-19-20-36-35-13-4-6-18-41(35)46-42(36)26-32)40-17-8-14-37-34-12-3-5-15-38(34)44(43(37)40)30-22-27-21-28(24-30)25-31(44)23-27/h1-20,26-28,30-31H,21-25H2. The molecule has 1 heterocycles. The Labute approximate surface area is 274 Å². The van der Waals surface area contributed by atoms with Crippen molar-refractivity contribution in [3.63, 3.8) is 0 Å². The quantitative estimate of drug-likeness (QED) is 0.193. The Kier molecular flexibility index (Phi) is 5.22. The van der Waals surface area contributed by atoms with Crippen LogP contribution in [0.2, 0.25) is 0 Å². The van der Waals surface area contributed by atoms with E-state index in [2.05, 4.69) is 132 Å². The third-order valence-electron chi connectivity index (χ3n) is 12.4. The number of hydrogen-bond donors (Lipinski definition) is 0. The molecule has 2 heteroatoms. The molecule has 0 unspecified atom stereocenters. The van der Waals surface area contributed by atoms with Gasteiger partial charge >= 0.3 is 0 Å². The highest BCUT2D eigenvalue weighted by atomic mass is 32.1. The number of fused-ring (bicyclic) bond motifs is 7. The molecule has 4 saturated carbocycles. The van der Waals surface area contributed by atoms with Gasteiger partial charge in [0.25, 0.3) is 0 Å². The van der Waals surface area contributed by atoms with E-state index < -0.39 is 0 Å². The smallest absolute Gasteiger partial charge is 0.0540 e. The Hall–Kier alpha value is -4.40. The van der Waals surface area contributed by atoms with Crippen molar-refractivity contribution in [2.24, 2.45) is 23.7 Å². The van der Waals surface area contributed by atoms with Crippen molar-refractivity contribution in [3.05, 3.63) is 139 Å². The van der Waals surface area contributed by atoms with E-state index in [0.29, 0.717) is 11.8 Å². The molecule has 12 rings (SSSR count). The predicted octanol–water partition coefficient (Wildman–Crippen LogP) is 12.4. The van der Waals surface area contributed by atoms with Crippen LogP contribution in [0.5, 0.6) is 0 Å². The summed E-state index contributed by atoms with van der Waals surface area (Å²) in [6.07, 6.45) is 7.01. The number of nitrogens with zero attached hydrogens (tertiary/aromatic N) is 1. The largest absolute Gasteiger partial charge is 0.309 e. The molecule has 7 aromatic rings. The molecule has 5 aliphatic rings. The molecule has 5 aliphatic carbocycles. The summed E-state index contributed by atoms with van der Waals surface area (Å²) in [6, 6.07) is 48.6. The van der Waals surface area contributed by atoms with Gasteiger partial charge in [-0.15, -0.1) is 11.3 Å². The van der Waals surface area contributed by atoms with Crippen LogP contribution in [0.1, 0.15) is 43.2 Å². The van der Waals surface area contributed by atoms with Gasteiger partial charge in [0.05, 0.1) is 11.4 Å². The molecule has 1 aromatic heterocycles. The lowest BCUT2D eigenvalue weighted by molar-refractivity contribution is -0.0397. The first-order chi connectivity index (χ1) is 22.8. The van der Waals surface area contributed by atoms with Crippen LogP contribution in [0.4, 0.5) is 17.1 Å². The summed E-state index contributed by atoms with van der Waals surface area (Å²) in [5.74, 6) is 3.26. The molecule has 0 N–H and O–H groups in total. The lowest BCUT2D eigenvalue weighted by atomic mass is 9.43. The SMILES string of the molecule is c1ccc2c(c1)-c1cccc(N(c3ccc4c(c3)sc3ccccc34)c3cccc4ccccc34)c1C21C2CC3CC(C2)CC1C3. The minimum absolute atomic E-state index is 0.0838. The zero-order chi connectivity index (χ0) is 30.0. The third kappa shape index (κ3) is 3.31. The second kappa shape index (κ2) is 9.33. The van der Waals surface area contributed by atoms with E-state index in [9.17, 15) is 0 Å². The first-order valence-corrected chi connectivity index (χ1v) is 18.0. The summed E-state index contributed by atoms with van der Waals surface area (Å²) < 4.78 is 2.71. The van der Waals surface area contributed by atoms with Crippen molar-refractivity contribution >= 4 is 59.3 Å². The number of hydrogen-bond acceptors (Lipinski definition) is 2. The molecule has 0 aliphatic heterocycles. The molecule has 0 saturated heterocycles. The molecule has 0 amide bonds. The average molecular weight is 610 g/mol. The van der Waals surface area contributed by atoms with Gasteiger partial charge in [0, 0.05) is 36.7 Å². The topological polar surface area (TPSA) is 3.24 Å². The fourth-order valence-electron chi connectivity index (χ4n) is 11.0. The van der Waals surface area contributed by atoms with Gasteiger partial charge < -0.3 is 4.90 Å². The molecule has 222 valence electrons. The predicted molar refractivity (Wildman–Crippen MR) is 195 cm³/mol. The maximum atomic E-state index is 2.64. The van der Waals surface area contributed by atoms with Gasteiger partial charge in [0.15, 0.2) is 0 Å². The molecule has 46 heavy (non-hydrogen) atoms. The molecular weight excluding hydrogens is 575 g/mol. The van der Waals surface area contributed by atoms with Crippen LogP contribution < -0.4 is 4.90 Å². The van der Waals surface area contributed by atoms with Crippen molar-refractivity contribution < 1.29 is 0 Å². The van der Waals surface area contributed by atoms with Crippen LogP contribution in [-0.4, -0.2) is 0 Å². The van der Waals surface area contributed by atoms with Crippen molar-refractivity contribution in [1.82, 2.24) is 0 Å². The Balaban J connectivity index is 1.23. The van der Waals surface area contributed by atoms with Gasteiger partial charge in [-0.05, 0) is 114 Å². The summed E-state index contributed by atoms with van der Waals surface area (Å²) in [5.41, 5.74) is 10.1.